The lowest BCUT2D eigenvalue weighted by atomic mass is 10.5. The molecule has 0 saturated heterocycles. The highest BCUT2D eigenvalue weighted by molar-refractivity contribution is 7.15. The largest absolute Gasteiger partial charge is 0.378 e. The zero-order valence-electron chi connectivity index (χ0n) is 7.79. The Bertz CT molecular complexity index is 242. The maximum Gasteiger partial charge on any atom is 0.121 e. The molecule has 0 bridgehead atoms. The van der Waals surface area contributed by atoms with Crippen molar-refractivity contribution < 1.29 is 4.74 Å². The fourth-order valence-corrected chi connectivity index (χ4v) is 1.76. The Morgan fingerprint density at radius 2 is 2.08 bits per heavy atom. The zero-order valence-corrected chi connectivity index (χ0v) is 10.2. The van der Waals surface area contributed by atoms with E-state index < -0.39 is 0 Å². The van der Waals surface area contributed by atoms with Crippen LogP contribution in [0.1, 0.15) is 10.7 Å². The van der Waals surface area contributed by atoms with Crippen molar-refractivity contribution in [2.75, 3.05) is 19.5 Å². The third kappa shape index (κ3) is 4.13. The summed E-state index contributed by atoms with van der Waals surface area (Å²) < 4.78 is 4.96. The van der Waals surface area contributed by atoms with Gasteiger partial charge in [-0.25, -0.2) is 4.98 Å². The summed E-state index contributed by atoms with van der Waals surface area (Å²) in [5.74, 6) is 0. The third-order valence-electron chi connectivity index (χ3n) is 1.34. The number of nitrogens with zero attached hydrogens (tertiary/aromatic N) is 1. The van der Waals surface area contributed by atoms with E-state index in [9.17, 15) is 0 Å². The van der Waals surface area contributed by atoms with E-state index in [4.69, 9.17) is 4.74 Å². The van der Waals surface area contributed by atoms with E-state index in [-0.39, 0.29) is 24.8 Å². The Hall–Kier alpha value is -0.0300. The number of halogens is 2. The molecule has 0 unspecified atom stereocenters. The number of hydrogen-bond donors (Lipinski definition) is 1. The molecule has 0 radical (unpaired) electrons. The van der Waals surface area contributed by atoms with Crippen LogP contribution in [0.2, 0.25) is 0 Å². The molecule has 0 fully saturated rings. The summed E-state index contributed by atoms with van der Waals surface area (Å²) in [6.45, 7) is 2.59. The van der Waals surface area contributed by atoms with E-state index in [1.165, 1.54) is 0 Å². The number of nitrogens with one attached hydrogen (secondary N) is 1. The van der Waals surface area contributed by atoms with Crippen molar-refractivity contribution in [1.82, 2.24) is 4.98 Å². The second-order valence-corrected chi connectivity index (χ2v) is 3.29. The average Bonchev–Trinajstić information content (AvgIpc) is 2.32. The molecule has 0 atom stereocenters. The normalized spacial score (nSPS) is 8.54. The molecule has 1 heterocycles. The second-order valence-electron chi connectivity index (χ2n) is 2.21. The molecule has 78 valence electrons. The lowest BCUT2D eigenvalue weighted by Gasteiger charge is -1.91. The fraction of sp³-hybridized carbons (Fsp3) is 0.571. The monoisotopic (exact) mass is 244 g/mol. The molecular weight excluding hydrogens is 231 g/mol. The van der Waals surface area contributed by atoms with Crippen LogP contribution in [0.25, 0.3) is 0 Å². The van der Waals surface area contributed by atoms with Gasteiger partial charge in [0.05, 0.1) is 12.3 Å². The lowest BCUT2D eigenvalue weighted by molar-refractivity contribution is 0.184. The van der Waals surface area contributed by atoms with Crippen molar-refractivity contribution in [2.45, 2.75) is 13.5 Å². The van der Waals surface area contributed by atoms with Crippen LogP contribution in [0.4, 0.5) is 5.00 Å². The van der Waals surface area contributed by atoms with Gasteiger partial charge in [-0.1, -0.05) is 11.3 Å². The average molecular weight is 245 g/mol. The third-order valence-corrected chi connectivity index (χ3v) is 2.48. The minimum Gasteiger partial charge on any atom is -0.378 e. The SMILES string of the molecule is CNc1sc(COC)nc1C.Cl.Cl. The molecular formula is C7H14Cl2N2OS. The van der Waals surface area contributed by atoms with Crippen LogP contribution in [0.5, 0.6) is 0 Å². The Labute approximate surface area is 94.7 Å². The van der Waals surface area contributed by atoms with Gasteiger partial charge in [-0.2, -0.15) is 0 Å². The van der Waals surface area contributed by atoms with Crippen molar-refractivity contribution in [3.05, 3.63) is 10.7 Å². The molecule has 0 aliphatic carbocycles. The van der Waals surface area contributed by atoms with Crippen LogP contribution in [0, 0.1) is 6.92 Å². The van der Waals surface area contributed by atoms with Crippen LogP contribution in [-0.2, 0) is 11.3 Å². The summed E-state index contributed by atoms with van der Waals surface area (Å²) in [6, 6.07) is 0. The lowest BCUT2D eigenvalue weighted by Crippen LogP contribution is -1.86. The second kappa shape index (κ2) is 7.38. The number of aryl methyl sites for hydroxylation is 1. The maximum absolute atomic E-state index is 4.96. The summed E-state index contributed by atoms with van der Waals surface area (Å²) >= 11 is 1.64. The number of aromatic nitrogens is 1. The molecule has 1 N–H and O–H groups in total. The molecule has 6 heteroatoms. The molecule has 1 aromatic heterocycles. The van der Waals surface area contributed by atoms with Crippen LogP contribution >= 0.6 is 36.2 Å². The molecule has 0 aliphatic heterocycles. The van der Waals surface area contributed by atoms with Gasteiger partial charge >= 0.3 is 0 Å². The molecule has 13 heavy (non-hydrogen) atoms. The molecule has 0 aliphatic rings. The van der Waals surface area contributed by atoms with Gasteiger partial charge < -0.3 is 10.1 Å². The van der Waals surface area contributed by atoms with E-state index in [0.29, 0.717) is 6.61 Å². The topological polar surface area (TPSA) is 34.1 Å². The van der Waals surface area contributed by atoms with Gasteiger partial charge in [-0.05, 0) is 6.92 Å². The van der Waals surface area contributed by atoms with Gasteiger partial charge in [-0.15, -0.1) is 24.8 Å². The summed E-state index contributed by atoms with van der Waals surface area (Å²) in [5, 5.41) is 5.22. The minimum absolute atomic E-state index is 0. The van der Waals surface area contributed by atoms with Gasteiger partial charge in [0, 0.05) is 14.2 Å². The first-order valence-corrected chi connectivity index (χ1v) is 4.22. The Kier molecular flexibility index (Phi) is 8.77. The van der Waals surface area contributed by atoms with Crippen LogP contribution in [0.3, 0.4) is 0 Å². The minimum atomic E-state index is 0. The molecule has 0 saturated carbocycles. The summed E-state index contributed by atoms with van der Waals surface area (Å²) in [5.41, 5.74) is 1.05. The summed E-state index contributed by atoms with van der Waals surface area (Å²) in [4.78, 5) is 4.30. The molecule has 0 aromatic carbocycles. The van der Waals surface area contributed by atoms with Gasteiger partial charge in [0.25, 0.3) is 0 Å². The number of hydrogen-bond acceptors (Lipinski definition) is 4. The van der Waals surface area contributed by atoms with Crippen LogP contribution in [0.15, 0.2) is 0 Å². The van der Waals surface area contributed by atoms with E-state index >= 15 is 0 Å². The number of rotatable bonds is 3. The predicted molar refractivity (Wildman–Crippen MR) is 61.6 cm³/mol. The highest BCUT2D eigenvalue weighted by Gasteiger charge is 2.04. The van der Waals surface area contributed by atoms with Crippen LogP contribution in [-0.4, -0.2) is 19.1 Å². The number of anilines is 1. The van der Waals surface area contributed by atoms with Gasteiger partial charge in [0.1, 0.15) is 10.0 Å². The van der Waals surface area contributed by atoms with E-state index in [2.05, 4.69) is 10.3 Å². The predicted octanol–water partition coefficient (Wildman–Crippen LogP) is 2.48. The number of thiazole rings is 1. The zero-order chi connectivity index (χ0) is 8.27. The Balaban J connectivity index is 0. The quantitative estimate of drug-likeness (QED) is 0.888. The Morgan fingerprint density at radius 1 is 1.46 bits per heavy atom. The summed E-state index contributed by atoms with van der Waals surface area (Å²) in [6.07, 6.45) is 0. The molecule has 0 amide bonds. The number of methoxy groups -OCH3 is 1. The first-order chi connectivity index (χ1) is 5.27. The summed E-state index contributed by atoms with van der Waals surface area (Å²) in [7, 11) is 3.58. The van der Waals surface area contributed by atoms with E-state index in [0.717, 1.165) is 15.7 Å². The molecule has 1 aromatic rings. The number of ether oxygens (including phenoxy) is 1. The molecule has 0 spiro atoms. The van der Waals surface area contributed by atoms with E-state index in [1.807, 2.05) is 14.0 Å². The van der Waals surface area contributed by atoms with Gasteiger partial charge in [0.2, 0.25) is 0 Å². The van der Waals surface area contributed by atoms with E-state index in [1.54, 1.807) is 18.4 Å². The highest BCUT2D eigenvalue weighted by Crippen LogP contribution is 2.23. The maximum atomic E-state index is 4.96. The molecule has 1 rings (SSSR count). The first kappa shape index (κ1) is 15.4. The van der Waals surface area contributed by atoms with Gasteiger partial charge in [0.15, 0.2) is 0 Å². The highest BCUT2D eigenvalue weighted by atomic mass is 35.5. The Morgan fingerprint density at radius 3 is 2.46 bits per heavy atom. The fourth-order valence-electron chi connectivity index (χ4n) is 0.869. The standard InChI is InChI=1S/C7H12N2OS.2ClH/c1-5-7(8-2)11-6(9-5)4-10-3;;/h8H,4H2,1-3H3;2*1H. The van der Waals surface area contributed by atoms with Crippen molar-refractivity contribution >= 4 is 41.2 Å². The van der Waals surface area contributed by atoms with Gasteiger partial charge in [-0.3, -0.25) is 0 Å². The van der Waals surface area contributed by atoms with Crippen molar-refractivity contribution in [2.24, 2.45) is 0 Å². The van der Waals surface area contributed by atoms with Crippen molar-refractivity contribution in [3.8, 4) is 0 Å². The first-order valence-electron chi connectivity index (χ1n) is 3.41. The van der Waals surface area contributed by atoms with Crippen molar-refractivity contribution in [3.63, 3.8) is 0 Å². The van der Waals surface area contributed by atoms with Crippen LogP contribution < -0.4 is 5.32 Å². The molecule has 3 nitrogen and oxygen atoms in total. The van der Waals surface area contributed by atoms with Crippen molar-refractivity contribution in [1.29, 1.82) is 0 Å². The smallest absolute Gasteiger partial charge is 0.121 e.